The van der Waals surface area contributed by atoms with E-state index in [2.05, 4.69) is 9.64 Å². The Kier molecular flexibility index (Phi) is 7.56. The fourth-order valence-corrected chi connectivity index (χ4v) is 5.63. The number of morpholine rings is 1. The number of nitrogens with zero attached hydrogens (tertiary/aromatic N) is 2. The topological polar surface area (TPSA) is 132 Å². The zero-order valence-electron chi connectivity index (χ0n) is 23.4. The molecule has 1 saturated heterocycles. The lowest BCUT2D eigenvalue weighted by molar-refractivity contribution is -0.144. The first-order valence-corrected chi connectivity index (χ1v) is 13.7. The number of ketones is 1. The molecule has 12 heteroatoms. The molecule has 0 radical (unpaired) electrons. The van der Waals surface area contributed by atoms with Gasteiger partial charge in [0, 0.05) is 42.7 Å². The Bertz CT molecular complexity index is 1650. The molecular formula is C30H30N2O10. The molecule has 0 bridgehead atoms. The lowest BCUT2D eigenvalue weighted by Crippen LogP contribution is -2.37. The molecule has 3 heterocycles. The van der Waals surface area contributed by atoms with Crippen molar-refractivity contribution >= 4 is 28.5 Å². The summed E-state index contributed by atoms with van der Waals surface area (Å²) in [6, 6.07) is 6.37. The highest BCUT2D eigenvalue weighted by Gasteiger charge is 2.36. The van der Waals surface area contributed by atoms with Gasteiger partial charge in [0.15, 0.2) is 28.8 Å². The van der Waals surface area contributed by atoms with Crippen LogP contribution in [0.5, 0.6) is 23.0 Å². The molecule has 0 spiro atoms. The van der Waals surface area contributed by atoms with E-state index < -0.39 is 11.9 Å². The molecule has 1 fully saturated rings. The number of hydrogen-bond acceptors (Lipinski definition) is 11. The smallest absolute Gasteiger partial charge is 0.311 e. The summed E-state index contributed by atoms with van der Waals surface area (Å²) in [5.41, 5.74) is 1.55. The maximum Gasteiger partial charge on any atom is 0.311 e. The molecule has 0 atom stereocenters. The van der Waals surface area contributed by atoms with Crippen molar-refractivity contribution in [1.82, 2.24) is 9.47 Å². The highest BCUT2D eigenvalue weighted by molar-refractivity contribution is 6.27. The van der Waals surface area contributed by atoms with Crippen LogP contribution in [0, 0.1) is 0 Å². The van der Waals surface area contributed by atoms with Crippen molar-refractivity contribution in [1.29, 1.82) is 0 Å². The second-order valence-electron chi connectivity index (χ2n) is 10.2. The van der Waals surface area contributed by atoms with Gasteiger partial charge in [-0.05, 0) is 30.7 Å². The van der Waals surface area contributed by atoms with Gasteiger partial charge < -0.3 is 33.0 Å². The Morgan fingerprint density at radius 2 is 1.55 bits per heavy atom. The maximum atomic E-state index is 14.1. The van der Waals surface area contributed by atoms with Crippen LogP contribution in [0.25, 0.3) is 22.0 Å². The number of aromatic nitrogens is 1. The summed E-state index contributed by atoms with van der Waals surface area (Å²) in [5.74, 6) is -0.335. The molecule has 3 aliphatic rings. The van der Waals surface area contributed by atoms with Crippen molar-refractivity contribution in [3.8, 4) is 34.3 Å². The summed E-state index contributed by atoms with van der Waals surface area (Å²) in [5, 5.41) is 0.590. The zero-order chi connectivity index (χ0) is 29.4. The minimum absolute atomic E-state index is 0.0144. The van der Waals surface area contributed by atoms with E-state index in [1.807, 2.05) is 0 Å². The van der Waals surface area contributed by atoms with Gasteiger partial charge in [0.05, 0.1) is 56.9 Å². The Morgan fingerprint density at radius 3 is 2.26 bits per heavy atom. The van der Waals surface area contributed by atoms with Gasteiger partial charge in [-0.1, -0.05) is 0 Å². The molecule has 12 nitrogen and oxygen atoms in total. The molecular weight excluding hydrogens is 548 g/mol. The maximum absolute atomic E-state index is 14.1. The normalized spacial score (nSPS) is 15.4. The van der Waals surface area contributed by atoms with Crippen LogP contribution in [0.4, 0.5) is 0 Å². The number of esters is 2. The van der Waals surface area contributed by atoms with Crippen molar-refractivity contribution in [2.45, 2.75) is 25.8 Å². The van der Waals surface area contributed by atoms with Crippen LogP contribution in [0.1, 0.15) is 35.2 Å². The lowest BCUT2D eigenvalue weighted by Gasteiger charge is -2.26. The van der Waals surface area contributed by atoms with E-state index in [1.54, 1.807) is 22.8 Å². The Hall–Kier alpha value is -4.42. The average Bonchev–Trinajstić information content (AvgIpc) is 3.58. The number of hydrogen-bond donors (Lipinski definition) is 0. The van der Waals surface area contributed by atoms with Gasteiger partial charge in [-0.3, -0.25) is 24.1 Å². The molecule has 0 N–H and O–H groups in total. The molecule has 220 valence electrons. The fraction of sp³-hybridized carbons (Fsp3) is 0.400. The molecule has 42 heavy (non-hydrogen) atoms. The van der Waals surface area contributed by atoms with Crippen molar-refractivity contribution < 1.29 is 42.8 Å². The number of methoxy groups -OCH3 is 2. The summed E-state index contributed by atoms with van der Waals surface area (Å²) >= 11 is 0. The molecule has 1 aliphatic carbocycles. The van der Waals surface area contributed by atoms with E-state index in [0.717, 1.165) is 19.6 Å². The lowest BCUT2D eigenvalue weighted by atomic mass is 10.0. The third kappa shape index (κ3) is 4.96. The van der Waals surface area contributed by atoms with Crippen LogP contribution in [0.3, 0.4) is 0 Å². The van der Waals surface area contributed by atoms with Gasteiger partial charge in [-0.15, -0.1) is 0 Å². The predicted octanol–water partition coefficient (Wildman–Crippen LogP) is 2.53. The van der Waals surface area contributed by atoms with Crippen LogP contribution in [0.2, 0.25) is 0 Å². The van der Waals surface area contributed by atoms with Gasteiger partial charge in [0.1, 0.15) is 0 Å². The predicted molar refractivity (Wildman–Crippen MR) is 149 cm³/mol. The first-order chi connectivity index (χ1) is 20.4. The Balaban J connectivity index is 1.44. The van der Waals surface area contributed by atoms with Crippen molar-refractivity contribution in [2.24, 2.45) is 0 Å². The van der Waals surface area contributed by atoms with Crippen LogP contribution in [0.15, 0.2) is 29.1 Å². The molecule has 2 aromatic carbocycles. The minimum Gasteiger partial charge on any atom is -0.493 e. The summed E-state index contributed by atoms with van der Waals surface area (Å²) < 4.78 is 33.8. The van der Waals surface area contributed by atoms with E-state index in [1.165, 1.54) is 20.3 Å². The molecule has 0 saturated carbocycles. The SMILES string of the molecule is COC(=O)CCC(=O)Oc1cc2c(=O)n(CCCN3CCOCC3)c3c(c2cc1OC)C(=O)c1cc2c(cc1-3)OCO2. The highest BCUT2D eigenvalue weighted by atomic mass is 16.7. The van der Waals surface area contributed by atoms with Crippen LogP contribution < -0.4 is 24.5 Å². The van der Waals surface area contributed by atoms with Crippen molar-refractivity contribution in [3.05, 3.63) is 45.7 Å². The quantitative estimate of drug-likeness (QED) is 0.214. The van der Waals surface area contributed by atoms with Crippen molar-refractivity contribution in [2.75, 3.05) is 53.9 Å². The highest BCUT2D eigenvalue weighted by Crippen LogP contribution is 2.47. The average molecular weight is 579 g/mol. The summed E-state index contributed by atoms with van der Waals surface area (Å²) in [7, 11) is 2.63. The van der Waals surface area contributed by atoms with Gasteiger partial charge in [0.2, 0.25) is 6.79 Å². The van der Waals surface area contributed by atoms with Gasteiger partial charge >= 0.3 is 11.9 Å². The second-order valence-corrected chi connectivity index (χ2v) is 10.2. The van der Waals surface area contributed by atoms with E-state index >= 15 is 0 Å². The molecule has 0 unspecified atom stereocenters. The van der Waals surface area contributed by atoms with Crippen molar-refractivity contribution in [3.63, 3.8) is 0 Å². The number of pyridine rings is 1. The molecule has 0 amide bonds. The number of carbonyl (C=O) groups excluding carboxylic acids is 3. The van der Waals surface area contributed by atoms with Crippen LogP contribution in [-0.2, 0) is 25.6 Å². The number of benzene rings is 2. The largest absolute Gasteiger partial charge is 0.493 e. The van der Waals surface area contributed by atoms with E-state index in [9.17, 15) is 19.2 Å². The molecule has 1 aromatic heterocycles. The molecule has 3 aromatic rings. The second kappa shape index (κ2) is 11.5. The third-order valence-electron chi connectivity index (χ3n) is 7.74. The monoisotopic (exact) mass is 578 g/mol. The summed E-state index contributed by atoms with van der Waals surface area (Å²) in [4.78, 5) is 54.3. The number of ether oxygens (including phenoxy) is 6. The summed E-state index contributed by atoms with van der Waals surface area (Å²) in [6.45, 7) is 4.15. The zero-order valence-corrected chi connectivity index (χ0v) is 23.4. The van der Waals surface area contributed by atoms with Gasteiger partial charge in [0.25, 0.3) is 5.56 Å². The standard InChI is InChI=1S/C30H30N2O10/c1-37-21-12-17-20(15-24(21)42-26(34)5-4-25(33)38-2)30(36)32(7-3-6-31-8-10-39-11-9-31)28-18-13-22-23(41-16-40-22)14-19(18)29(35)27(17)28/h12-15H,3-11,16H2,1-2H3. The van der Waals surface area contributed by atoms with E-state index in [4.69, 9.17) is 23.7 Å². The van der Waals surface area contributed by atoms with Crippen LogP contribution in [-0.4, -0.2) is 81.0 Å². The Morgan fingerprint density at radius 1 is 0.857 bits per heavy atom. The number of carbonyl (C=O) groups is 3. The Labute approximate surface area is 240 Å². The third-order valence-corrected chi connectivity index (χ3v) is 7.74. The van der Waals surface area contributed by atoms with Crippen LogP contribution >= 0.6 is 0 Å². The molecule has 2 aliphatic heterocycles. The van der Waals surface area contributed by atoms with Gasteiger partial charge in [-0.25, -0.2) is 0 Å². The number of rotatable bonds is 9. The van der Waals surface area contributed by atoms with E-state index in [0.29, 0.717) is 65.4 Å². The minimum atomic E-state index is -0.692. The van der Waals surface area contributed by atoms with Gasteiger partial charge in [-0.2, -0.15) is 0 Å². The molecule has 6 rings (SSSR count). The first-order valence-electron chi connectivity index (χ1n) is 13.7. The number of fused-ring (bicyclic) bond motifs is 6. The van der Waals surface area contributed by atoms with E-state index in [-0.39, 0.29) is 47.9 Å². The first kappa shape index (κ1) is 27.7. The fourth-order valence-electron chi connectivity index (χ4n) is 5.63. The summed E-state index contributed by atoms with van der Waals surface area (Å²) in [6.07, 6.45) is 0.294.